The van der Waals surface area contributed by atoms with E-state index >= 15 is 0 Å². The van der Waals surface area contributed by atoms with Gasteiger partial charge in [0.05, 0.1) is 11.9 Å². The standard InChI is InChI=1S/C13H10ClN3O2/c14-9-3-5-10(6-4-9)16-12(18)13(19)17-11-2-1-7-15-8-11/h1-8H,(H,16,18)(H,17,19). The van der Waals surface area contributed by atoms with Gasteiger partial charge in [0.25, 0.3) is 0 Å². The molecule has 0 bridgehead atoms. The predicted molar refractivity (Wildman–Crippen MR) is 72.9 cm³/mol. The Morgan fingerprint density at radius 1 is 0.947 bits per heavy atom. The topological polar surface area (TPSA) is 71.1 Å². The van der Waals surface area contributed by atoms with Crippen LogP contribution in [0.25, 0.3) is 0 Å². The molecule has 2 N–H and O–H groups in total. The molecule has 0 aliphatic heterocycles. The molecule has 2 amide bonds. The van der Waals surface area contributed by atoms with Crippen LogP contribution in [-0.4, -0.2) is 16.8 Å². The molecular formula is C13H10ClN3O2. The number of rotatable bonds is 2. The number of carbonyl (C=O) groups excluding carboxylic acids is 2. The Hall–Kier alpha value is -2.40. The summed E-state index contributed by atoms with van der Waals surface area (Å²) in [5.74, 6) is -1.52. The zero-order valence-electron chi connectivity index (χ0n) is 9.76. The van der Waals surface area contributed by atoms with Gasteiger partial charge in [0.2, 0.25) is 0 Å². The van der Waals surface area contributed by atoms with Crippen molar-refractivity contribution in [3.05, 3.63) is 53.8 Å². The molecule has 0 saturated heterocycles. The van der Waals surface area contributed by atoms with Crippen LogP contribution < -0.4 is 10.6 Å². The van der Waals surface area contributed by atoms with Crippen molar-refractivity contribution in [3.8, 4) is 0 Å². The first kappa shape index (κ1) is 13.0. The third kappa shape index (κ3) is 3.79. The van der Waals surface area contributed by atoms with Gasteiger partial charge in [-0.05, 0) is 36.4 Å². The molecule has 96 valence electrons. The summed E-state index contributed by atoms with van der Waals surface area (Å²) in [4.78, 5) is 27.1. The van der Waals surface area contributed by atoms with Crippen molar-refractivity contribution < 1.29 is 9.59 Å². The lowest BCUT2D eigenvalue weighted by atomic mass is 10.3. The fourth-order valence-corrected chi connectivity index (χ4v) is 1.47. The van der Waals surface area contributed by atoms with Crippen LogP contribution in [0.15, 0.2) is 48.8 Å². The Morgan fingerprint density at radius 2 is 1.58 bits per heavy atom. The van der Waals surface area contributed by atoms with Gasteiger partial charge in [-0.3, -0.25) is 14.6 Å². The molecule has 0 fully saturated rings. The van der Waals surface area contributed by atoms with E-state index in [9.17, 15) is 9.59 Å². The Balaban J connectivity index is 1.96. The molecule has 0 aliphatic rings. The third-order valence-electron chi connectivity index (χ3n) is 2.23. The first-order valence-corrected chi connectivity index (χ1v) is 5.81. The minimum Gasteiger partial charge on any atom is -0.318 e. The summed E-state index contributed by atoms with van der Waals surface area (Å²) >= 11 is 5.72. The molecular weight excluding hydrogens is 266 g/mol. The zero-order chi connectivity index (χ0) is 13.7. The van der Waals surface area contributed by atoms with Gasteiger partial charge in [0.1, 0.15) is 0 Å². The largest absolute Gasteiger partial charge is 0.318 e. The lowest BCUT2D eigenvalue weighted by Crippen LogP contribution is -2.29. The van der Waals surface area contributed by atoms with Crippen LogP contribution in [0.1, 0.15) is 0 Å². The van der Waals surface area contributed by atoms with Gasteiger partial charge >= 0.3 is 11.8 Å². The summed E-state index contributed by atoms with van der Waals surface area (Å²) in [6, 6.07) is 9.76. The van der Waals surface area contributed by atoms with E-state index in [2.05, 4.69) is 15.6 Å². The summed E-state index contributed by atoms with van der Waals surface area (Å²) in [5, 5.41) is 5.45. The normalized spacial score (nSPS) is 9.74. The molecule has 1 aromatic heterocycles. The van der Waals surface area contributed by atoms with Gasteiger partial charge in [0.15, 0.2) is 0 Å². The molecule has 0 aliphatic carbocycles. The highest BCUT2D eigenvalue weighted by molar-refractivity contribution is 6.43. The second-order valence-electron chi connectivity index (χ2n) is 3.66. The first-order valence-electron chi connectivity index (χ1n) is 5.43. The molecule has 19 heavy (non-hydrogen) atoms. The van der Waals surface area contributed by atoms with Crippen LogP contribution in [0, 0.1) is 0 Å². The van der Waals surface area contributed by atoms with Gasteiger partial charge < -0.3 is 10.6 Å². The SMILES string of the molecule is O=C(Nc1ccc(Cl)cc1)C(=O)Nc1cccnc1. The zero-order valence-corrected chi connectivity index (χ0v) is 10.5. The van der Waals surface area contributed by atoms with Crippen LogP contribution in [0.4, 0.5) is 11.4 Å². The Morgan fingerprint density at radius 3 is 2.16 bits per heavy atom. The van der Waals surface area contributed by atoms with Crippen LogP contribution >= 0.6 is 11.6 Å². The molecule has 0 spiro atoms. The lowest BCUT2D eigenvalue weighted by Gasteiger charge is -2.06. The molecule has 6 heteroatoms. The maximum Gasteiger partial charge on any atom is 0.314 e. The lowest BCUT2D eigenvalue weighted by molar-refractivity contribution is -0.133. The fourth-order valence-electron chi connectivity index (χ4n) is 1.35. The smallest absolute Gasteiger partial charge is 0.314 e. The summed E-state index contributed by atoms with van der Waals surface area (Å²) in [5.41, 5.74) is 0.953. The van der Waals surface area contributed by atoms with Crippen molar-refractivity contribution in [1.82, 2.24) is 4.98 Å². The highest BCUT2D eigenvalue weighted by Gasteiger charge is 2.13. The monoisotopic (exact) mass is 275 g/mol. The number of benzene rings is 1. The van der Waals surface area contributed by atoms with E-state index in [0.29, 0.717) is 16.4 Å². The van der Waals surface area contributed by atoms with E-state index in [1.54, 1.807) is 42.6 Å². The first-order chi connectivity index (χ1) is 9.15. The second kappa shape index (κ2) is 5.97. The summed E-state index contributed by atoms with van der Waals surface area (Å²) in [6.07, 6.45) is 3.02. The van der Waals surface area contributed by atoms with Crippen LogP contribution in [0.3, 0.4) is 0 Å². The van der Waals surface area contributed by atoms with Gasteiger partial charge in [-0.25, -0.2) is 0 Å². The van der Waals surface area contributed by atoms with Gasteiger partial charge in [-0.2, -0.15) is 0 Å². The Kier molecular flexibility index (Phi) is 4.10. The van der Waals surface area contributed by atoms with E-state index in [0.717, 1.165) is 0 Å². The summed E-state index contributed by atoms with van der Waals surface area (Å²) < 4.78 is 0. The molecule has 1 aromatic carbocycles. The van der Waals surface area contributed by atoms with E-state index in [4.69, 9.17) is 11.6 Å². The highest BCUT2D eigenvalue weighted by Crippen LogP contribution is 2.13. The number of halogens is 1. The van der Waals surface area contributed by atoms with Crippen molar-refractivity contribution >= 4 is 34.8 Å². The minimum absolute atomic E-state index is 0.457. The molecule has 0 saturated carbocycles. The van der Waals surface area contributed by atoms with Crippen molar-refractivity contribution in [2.75, 3.05) is 10.6 Å². The van der Waals surface area contributed by atoms with Gasteiger partial charge in [0, 0.05) is 16.9 Å². The minimum atomic E-state index is -0.761. The maximum absolute atomic E-state index is 11.6. The van der Waals surface area contributed by atoms with Crippen LogP contribution in [0.5, 0.6) is 0 Å². The van der Waals surface area contributed by atoms with E-state index in [-0.39, 0.29) is 0 Å². The number of nitrogens with zero attached hydrogens (tertiary/aromatic N) is 1. The molecule has 1 heterocycles. The molecule has 0 atom stereocenters. The number of carbonyl (C=O) groups is 2. The van der Waals surface area contributed by atoms with Crippen molar-refractivity contribution in [3.63, 3.8) is 0 Å². The van der Waals surface area contributed by atoms with Crippen LogP contribution in [0.2, 0.25) is 5.02 Å². The van der Waals surface area contributed by atoms with Gasteiger partial charge in [-0.1, -0.05) is 11.6 Å². The Bertz CT molecular complexity index is 585. The summed E-state index contributed by atoms with van der Waals surface area (Å²) in [6.45, 7) is 0. The third-order valence-corrected chi connectivity index (χ3v) is 2.48. The molecule has 2 aromatic rings. The molecule has 2 rings (SSSR count). The number of aromatic nitrogens is 1. The number of nitrogens with one attached hydrogen (secondary N) is 2. The molecule has 5 nitrogen and oxygen atoms in total. The average molecular weight is 276 g/mol. The molecule has 0 radical (unpaired) electrons. The van der Waals surface area contributed by atoms with Crippen molar-refractivity contribution in [2.45, 2.75) is 0 Å². The Labute approximate surface area is 114 Å². The van der Waals surface area contributed by atoms with Crippen LogP contribution in [-0.2, 0) is 9.59 Å². The van der Waals surface area contributed by atoms with E-state index in [1.807, 2.05) is 0 Å². The average Bonchev–Trinajstić information content (AvgIpc) is 2.42. The second-order valence-corrected chi connectivity index (χ2v) is 4.09. The van der Waals surface area contributed by atoms with Crippen molar-refractivity contribution in [1.29, 1.82) is 0 Å². The van der Waals surface area contributed by atoms with E-state index in [1.165, 1.54) is 6.20 Å². The number of anilines is 2. The number of pyridine rings is 1. The predicted octanol–water partition coefficient (Wildman–Crippen LogP) is 2.31. The summed E-state index contributed by atoms with van der Waals surface area (Å²) in [7, 11) is 0. The van der Waals surface area contributed by atoms with Crippen molar-refractivity contribution in [2.24, 2.45) is 0 Å². The number of hydrogen-bond donors (Lipinski definition) is 2. The van der Waals surface area contributed by atoms with Gasteiger partial charge in [-0.15, -0.1) is 0 Å². The maximum atomic E-state index is 11.6. The molecule has 0 unspecified atom stereocenters. The fraction of sp³-hybridized carbons (Fsp3) is 0. The van der Waals surface area contributed by atoms with E-state index < -0.39 is 11.8 Å². The number of hydrogen-bond acceptors (Lipinski definition) is 3. The highest BCUT2D eigenvalue weighted by atomic mass is 35.5. The number of amides is 2. The quantitative estimate of drug-likeness (QED) is 0.826.